The van der Waals surface area contributed by atoms with Crippen LogP contribution in [0, 0.1) is 35.1 Å². The number of aliphatic carboxylic acids is 1. The van der Waals surface area contributed by atoms with E-state index < -0.39 is 83.0 Å². The molecule has 0 saturated carbocycles. The van der Waals surface area contributed by atoms with Crippen LogP contribution in [0.2, 0.25) is 0 Å². The van der Waals surface area contributed by atoms with Crippen LogP contribution in [-0.2, 0) is 24.0 Å². The maximum atomic E-state index is 13.8. The Bertz CT molecular complexity index is 1090. The van der Waals surface area contributed by atoms with Crippen molar-refractivity contribution in [3.63, 3.8) is 0 Å². The largest absolute Gasteiger partial charge is 0.481 e. The summed E-state index contributed by atoms with van der Waals surface area (Å²) in [6, 6.07) is -1.74. The van der Waals surface area contributed by atoms with E-state index in [1.165, 1.54) is 9.80 Å². The van der Waals surface area contributed by atoms with Crippen LogP contribution < -0.4 is 10.1 Å². The van der Waals surface area contributed by atoms with E-state index in [9.17, 15) is 46.6 Å². The predicted molar refractivity (Wildman–Crippen MR) is 121 cm³/mol. The van der Waals surface area contributed by atoms with Crippen LogP contribution in [0.15, 0.2) is 6.07 Å². The zero-order chi connectivity index (χ0) is 28.1. The molecule has 0 spiro atoms. The summed E-state index contributed by atoms with van der Waals surface area (Å²) in [5.41, 5.74) is 0. The molecule has 3 amide bonds. The van der Waals surface area contributed by atoms with Crippen molar-refractivity contribution in [2.75, 3.05) is 32.8 Å². The second kappa shape index (κ2) is 12.2. The quantitative estimate of drug-likeness (QED) is 0.286. The fraction of sp³-hybridized carbons (Fsp3) is 0.542. The maximum Gasteiger partial charge on any atom is 0.312 e. The minimum Gasteiger partial charge on any atom is -0.481 e. The fourth-order valence-electron chi connectivity index (χ4n) is 4.34. The van der Waals surface area contributed by atoms with Gasteiger partial charge in [0.2, 0.25) is 17.5 Å². The first-order chi connectivity index (χ1) is 17.9. The molecule has 0 aliphatic carbocycles. The number of nitrogens with one attached hydrogen (secondary N) is 1. The lowest BCUT2D eigenvalue weighted by atomic mass is 9.93. The van der Waals surface area contributed by atoms with Crippen LogP contribution >= 0.6 is 0 Å². The van der Waals surface area contributed by atoms with Crippen LogP contribution in [0.4, 0.5) is 17.6 Å². The molecule has 2 saturated heterocycles. The molecule has 0 unspecified atom stereocenters. The Morgan fingerprint density at radius 3 is 1.95 bits per heavy atom. The number of ether oxygens (including phenoxy) is 1. The van der Waals surface area contributed by atoms with Crippen molar-refractivity contribution in [2.24, 2.45) is 11.8 Å². The van der Waals surface area contributed by atoms with Gasteiger partial charge in [-0.05, 0) is 32.6 Å². The van der Waals surface area contributed by atoms with Gasteiger partial charge in [0.05, 0.1) is 5.92 Å². The van der Waals surface area contributed by atoms with Gasteiger partial charge in [-0.15, -0.1) is 0 Å². The average molecular weight is 545 g/mol. The van der Waals surface area contributed by atoms with Crippen molar-refractivity contribution in [3.05, 3.63) is 29.3 Å². The Morgan fingerprint density at radius 2 is 1.45 bits per heavy atom. The van der Waals surface area contributed by atoms with Gasteiger partial charge in [-0.3, -0.25) is 24.0 Å². The molecule has 3 rings (SSSR count). The number of carbonyl (C=O) groups excluding carboxylic acids is 4. The van der Waals surface area contributed by atoms with Crippen LogP contribution in [0.1, 0.15) is 32.6 Å². The Morgan fingerprint density at radius 1 is 0.947 bits per heavy atom. The summed E-state index contributed by atoms with van der Waals surface area (Å²) in [5, 5.41) is 11.7. The number of carbonyl (C=O) groups is 5. The van der Waals surface area contributed by atoms with Crippen LogP contribution in [0.3, 0.4) is 0 Å². The SMILES string of the molecule is C[C@@H](C(=O)O)[C@H](NC(=O)C1CCN(C(=O)C(=O)N2CCCC2)CC1)C(=O)COc1c(F)c(F)cc(F)c1F. The molecule has 38 heavy (non-hydrogen) atoms. The van der Waals surface area contributed by atoms with E-state index >= 15 is 0 Å². The number of likely N-dealkylation sites (tertiary alicyclic amines) is 2. The molecule has 1 aromatic rings. The first kappa shape index (κ1) is 28.9. The van der Waals surface area contributed by atoms with Crippen LogP contribution in [0.25, 0.3) is 0 Å². The lowest BCUT2D eigenvalue weighted by Crippen LogP contribution is -2.53. The van der Waals surface area contributed by atoms with Crippen LogP contribution in [0.5, 0.6) is 5.75 Å². The maximum absolute atomic E-state index is 13.8. The number of Topliss-reactive ketones (excluding diaryl/α,β-unsaturated/α-hetero) is 1. The Labute approximate surface area is 214 Å². The van der Waals surface area contributed by atoms with Crippen molar-refractivity contribution in [1.29, 1.82) is 0 Å². The smallest absolute Gasteiger partial charge is 0.312 e. The molecule has 208 valence electrons. The molecule has 2 aliphatic rings. The van der Waals surface area contributed by atoms with Crippen molar-refractivity contribution >= 4 is 29.5 Å². The van der Waals surface area contributed by atoms with E-state index in [0.717, 1.165) is 19.8 Å². The number of halogens is 4. The Balaban J connectivity index is 1.61. The highest BCUT2D eigenvalue weighted by atomic mass is 19.2. The van der Waals surface area contributed by atoms with Crippen molar-refractivity contribution in [3.8, 4) is 5.75 Å². The molecule has 2 N–H and O–H groups in total. The highest BCUT2D eigenvalue weighted by molar-refractivity contribution is 6.35. The Kier molecular flexibility index (Phi) is 9.28. The fourth-order valence-corrected chi connectivity index (χ4v) is 4.34. The summed E-state index contributed by atoms with van der Waals surface area (Å²) < 4.78 is 59.1. The highest BCUT2D eigenvalue weighted by Crippen LogP contribution is 2.27. The number of carboxylic acids is 1. The number of hydrogen-bond acceptors (Lipinski definition) is 6. The summed E-state index contributed by atoms with van der Waals surface area (Å²) in [7, 11) is 0. The van der Waals surface area contributed by atoms with Gasteiger partial charge in [-0.2, -0.15) is 8.78 Å². The third-order valence-corrected chi connectivity index (χ3v) is 6.69. The average Bonchev–Trinajstić information content (AvgIpc) is 3.44. The van der Waals surface area contributed by atoms with Crippen molar-refractivity contribution in [2.45, 2.75) is 38.6 Å². The standard InChI is InChI=1S/C24H27F4N3O7/c1-12(24(36)37)19(16(32)11-38-20-17(27)14(25)10-15(26)18(20)28)29-21(33)13-4-8-31(9-5-13)23(35)22(34)30-6-2-3-7-30/h10,12-13,19H,2-9,11H2,1H3,(H,29,33)(H,36,37)/t12-,19+/m1/s1. The molecule has 1 aromatic carbocycles. The summed E-state index contributed by atoms with van der Waals surface area (Å²) in [6.45, 7) is 1.13. The first-order valence-corrected chi connectivity index (χ1v) is 12.0. The van der Waals surface area contributed by atoms with Crippen molar-refractivity contribution < 1.29 is 51.4 Å². The molecule has 0 aromatic heterocycles. The highest BCUT2D eigenvalue weighted by Gasteiger charge is 2.37. The van der Waals surface area contributed by atoms with Gasteiger partial charge in [0.1, 0.15) is 12.6 Å². The van der Waals surface area contributed by atoms with Crippen LogP contribution in [-0.4, -0.2) is 83.2 Å². The summed E-state index contributed by atoms with van der Waals surface area (Å²) >= 11 is 0. The second-order valence-electron chi connectivity index (χ2n) is 9.23. The predicted octanol–water partition coefficient (Wildman–Crippen LogP) is 1.26. The summed E-state index contributed by atoms with van der Waals surface area (Å²) in [5.74, 6) is -15.5. The summed E-state index contributed by atoms with van der Waals surface area (Å²) in [6.07, 6.45) is 1.93. The molecule has 2 heterocycles. The van der Waals surface area contributed by atoms with Gasteiger partial charge in [-0.1, -0.05) is 0 Å². The monoisotopic (exact) mass is 545 g/mol. The third-order valence-electron chi connectivity index (χ3n) is 6.69. The Hall–Kier alpha value is -3.71. The van der Waals surface area contributed by atoms with Gasteiger partial charge >= 0.3 is 17.8 Å². The number of piperidine rings is 1. The van der Waals surface area contributed by atoms with Gasteiger partial charge in [0, 0.05) is 38.2 Å². The summed E-state index contributed by atoms with van der Waals surface area (Å²) in [4.78, 5) is 64.7. The molecular formula is C24H27F4N3O7. The molecule has 10 nitrogen and oxygen atoms in total. The van der Waals surface area contributed by atoms with E-state index in [0.29, 0.717) is 13.1 Å². The minimum atomic E-state index is -1.88. The molecule has 2 fully saturated rings. The lowest BCUT2D eigenvalue weighted by molar-refractivity contribution is -0.152. The second-order valence-corrected chi connectivity index (χ2v) is 9.23. The molecule has 0 radical (unpaired) electrons. The number of nitrogens with zero attached hydrogens (tertiary/aromatic N) is 2. The molecule has 14 heteroatoms. The van der Waals surface area contributed by atoms with Gasteiger partial charge in [-0.25, -0.2) is 8.78 Å². The zero-order valence-electron chi connectivity index (χ0n) is 20.5. The third kappa shape index (κ3) is 6.40. The number of ketones is 1. The molecular weight excluding hydrogens is 518 g/mol. The minimum absolute atomic E-state index is 0.0456. The van der Waals surface area contributed by atoms with E-state index in [-0.39, 0.29) is 32.0 Å². The molecule has 2 atom stereocenters. The number of amides is 3. The van der Waals surface area contributed by atoms with Gasteiger partial charge in [0.15, 0.2) is 23.2 Å². The van der Waals surface area contributed by atoms with E-state index in [1.807, 2.05) is 0 Å². The van der Waals surface area contributed by atoms with Gasteiger partial charge < -0.3 is 25.0 Å². The van der Waals surface area contributed by atoms with Gasteiger partial charge in [0.25, 0.3) is 0 Å². The number of rotatable bonds is 8. The van der Waals surface area contributed by atoms with Crippen molar-refractivity contribution in [1.82, 2.24) is 15.1 Å². The number of hydrogen-bond donors (Lipinski definition) is 2. The molecule has 0 bridgehead atoms. The van der Waals surface area contributed by atoms with E-state index in [1.54, 1.807) is 0 Å². The normalized spacial score (nSPS) is 17.6. The van der Waals surface area contributed by atoms with E-state index in [2.05, 4.69) is 10.1 Å². The topological polar surface area (TPSA) is 133 Å². The number of benzene rings is 1. The number of carboxylic acid groups (broad SMARTS) is 1. The zero-order valence-corrected chi connectivity index (χ0v) is 20.5. The van der Waals surface area contributed by atoms with E-state index in [4.69, 9.17) is 0 Å². The molecule has 2 aliphatic heterocycles. The first-order valence-electron chi connectivity index (χ1n) is 12.0. The lowest BCUT2D eigenvalue weighted by Gasteiger charge is -2.32.